The Kier molecular flexibility index (Phi) is 7.38. The fourth-order valence-corrected chi connectivity index (χ4v) is 3.69. The molecular formula is C20H34N2O. The molecule has 1 aliphatic carbocycles. The van der Waals surface area contributed by atoms with E-state index < -0.39 is 0 Å². The van der Waals surface area contributed by atoms with Crippen molar-refractivity contribution in [1.29, 1.82) is 0 Å². The van der Waals surface area contributed by atoms with Crippen LogP contribution in [0.25, 0.3) is 0 Å². The first kappa shape index (κ1) is 18.3. The van der Waals surface area contributed by atoms with Crippen molar-refractivity contribution >= 4 is 0 Å². The predicted octanol–water partition coefficient (Wildman–Crippen LogP) is 4.20. The van der Waals surface area contributed by atoms with Crippen LogP contribution < -0.4 is 10.5 Å². The largest absolute Gasteiger partial charge is 0.497 e. The summed E-state index contributed by atoms with van der Waals surface area (Å²) >= 11 is 0. The molecule has 0 radical (unpaired) electrons. The van der Waals surface area contributed by atoms with Crippen molar-refractivity contribution < 1.29 is 4.74 Å². The maximum Gasteiger partial charge on any atom is 0.119 e. The molecule has 0 spiro atoms. The van der Waals surface area contributed by atoms with Crippen molar-refractivity contribution in [3.05, 3.63) is 29.8 Å². The molecule has 0 atom stereocenters. The van der Waals surface area contributed by atoms with Crippen molar-refractivity contribution in [2.45, 2.75) is 71.0 Å². The lowest BCUT2D eigenvalue weighted by Crippen LogP contribution is -2.42. The molecule has 0 unspecified atom stereocenters. The van der Waals surface area contributed by atoms with Crippen LogP contribution in [0.15, 0.2) is 24.3 Å². The maximum absolute atomic E-state index is 6.11. The lowest BCUT2D eigenvalue weighted by Gasteiger charge is -2.38. The monoisotopic (exact) mass is 318 g/mol. The van der Waals surface area contributed by atoms with Gasteiger partial charge < -0.3 is 10.5 Å². The molecular weight excluding hydrogens is 284 g/mol. The molecule has 1 saturated carbocycles. The third-order valence-corrected chi connectivity index (χ3v) is 5.42. The third-order valence-electron chi connectivity index (χ3n) is 5.42. The topological polar surface area (TPSA) is 38.5 Å². The summed E-state index contributed by atoms with van der Waals surface area (Å²) in [5.41, 5.74) is 7.46. The zero-order valence-electron chi connectivity index (χ0n) is 15.1. The molecule has 130 valence electrons. The van der Waals surface area contributed by atoms with Gasteiger partial charge in [-0.3, -0.25) is 4.90 Å². The van der Waals surface area contributed by atoms with Crippen LogP contribution in [0.1, 0.15) is 57.9 Å². The first-order chi connectivity index (χ1) is 11.2. The highest BCUT2D eigenvalue weighted by Crippen LogP contribution is 2.26. The van der Waals surface area contributed by atoms with E-state index in [-0.39, 0.29) is 0 Å². The second kappa shape index (κ2) is 9.29. The average Bonchev–Trinajstić information content (AvgIpc) is 2.59. The van der Waals surface area contributed by atoms with E-state index in [2.05, 4.69) is 36.9 Å². The van der Waals surface area contributed by atoms with E-state index in [1.807, 2.05) is 6.07 Å². The number of hydrogen-bond donors (Lipinski definition) is 1. The molecule has 23 heavy (non-hydrogen) atoms. The third kappa shape index (κ3) is 5.50. The van der Waals surface area contributed by atoms with Gasteiger partial charge in [0.15, 0.2) is 0 Å². The fourth-order valence-electron chi connectivity index (χ4n) is 3.69. The summed E-state index contributed by atoms with van der Waals surface area (Å²) < 4.78 is 5.38. The Balaban J connectivity index is 2.08. The smallest absolute Gasteiger partial charge is 0.119 e. The summed E-state index contributed by atoms with van der Waals surface area (Å²) in [6.45, 7) is 6.85. The molecule has 0 aliphatic heterocycles. The Hall–Kier alpha value is -1.06. The first-order valence-electron chi connectivity index (χ1n) is 9.28. The molecule has 1 fully saturated rings. The predicted molar refractivity (Wildman–Crippen MR) is 97.7 cm³/mol. The summed E-state index contributed by atoms with van der Waals surface area (Å²) in [4.78, 5) is 2.71. The summed E-state index contributed by atoms with van der Waals surface area (Å²) in [6, 6.07) is 9.61. The first-order valence-corrected chi connectivity index (χ1v) is 9.28. The van der Waals surface area contributed by atoms with Crippen LogP contribution in [-0.2, 0) is 6.54 Å². The van der Waals surface area contributed by atoms with Gasteiger partial charge in [-0.15, -0.1) is 0 Å². The molecule has 0 heterocycles. The second-order valence-corrected chi connectivity index (χ2v) is 7.03. The molecule has 3 nitrogen and oxygen atoms in total. The average molecular weight is 319 g/mol. The van der Waals surface area contributed by atoms with Crippen LogP contribution in [0.3, 0.4) is 0 Å². The van der Waals surface area contributed by atoms with Crippen molar-refractivity contribution in [1.82, 2.24) is 4.90 Å². The molecule has 1 aliphatic rings. The fraction of sp³-hybridized carbons (Fsp3) is 0.700. The number of hydrogen-bond acceptors (Lipinski definition) is 3. The van der Waals surface area contributed by atoms with Crippen LogP contribution >= 0.6 is 0 Å². The van der Waals surface area contributed by atoms with Crippen LogP contribution in [0.2, 0.25) is 0 Å². The van der Waals surface area contributed by atoms with Gasteiger partial charge in [-0.25, -0.2) is 0 Å². The molecule has 1 aromatic rings. The Morgan fingerprint density at radius 1 is 1.17 bits per heavy atom. The van der Waals surface area contributed by atoms with Gasteiger partial charge in [0.25, 0.3) is 0 Å². The highest BCUT2D eigenvalue weighted by molar-refractivity contribution is 5.28. The van der Waals surface area contributed by atoms with Crippen molar-refractivity contribution in [2.75, 3.05) is 13.7 Å². The van der Waals surface area contributed by atoms with Gasteiger partial charge in [0.2, 0.25) is 0 Å². The zero-order valence-corrected chi connectivity index (χ0v) is 15.1. The van der Waals surface area contributed by atoms with Crippen molar-refractivity contribution in [3.8, 4) is 5.75 Å². The standard InChI is InChI=1S/C20H34N2O/c1-4-16(5-2)14-22(19-11-9-18(21)10-12-19)15-17-7-6-8-20(13-17)23-3/h6-8,13,16,18-19H,4-5,9-12,14-15,21H2,1-3H3. The van der Waals surface area contributed by atoms with E-state index in [1.165, 1.54) is 50.6 Å². The lowest BCUT2D eigenvalue weighted by atomic mass is 9.89. The van der Waals surface area contributed by atoms with Crippen molar-refractivity contribution in [3.63, 3.8) is 0 Å². The number of methoxy groups -OCH3 is 1. The van der Waals surface area contributed by atoms with Gasteiger partial charge in [-0.1, -0.05) is 38.8 Å². The maximum atomic E-state index is 6.11. The van der Waals surface area contributed by atoms with Gasteiger partial charge in [0, 0.05) is 25.2 Å². The minimum absolute atomic E-state index is 0.415. The van der Waals surface area contributed by atoms with E-state index >= 15 is 0 Å². The van der Waals surface area contributed by atoms with E-state index in [0.29, 0.717) is 12.1 Å². The Labute approximate surface area is 142 Å². The SMILES string of the molecule is CCC(CC)CN(Cc1cccc(OC)c1)C1CCC(N)CC1. The number of nitrogens with zero attached hydrogens (tertiary/aromatic N) is 1. The van der Waals surface area contributed by atoms with Crippen LogP contribution in [0.5, 0.6) is 5.75 Å². The Morgan fingerprint density at radius 3 is 2.48 bits per heavy atom. The van der Waals surface area contributed by atoms with Gasteiger partial charge >= 0.3 is 0 Å². The van der Waals surface area contributed by atoms with Gasteiger partial charge in [0.1, 0.15) is 5.75 Å². The van der Waals surface area contributed by atoms with E-state index in [9.17, 15) is 0 Å². The van der Waals surface area contributed by atoms with E-state index in [4.69, 9.17) is 10.5 Å². The summed E-state index contributed by atoms with van der Waals surface area (Å²) in [7, 11) is 1.74. The van der Waals surface area contributed by atoms with E-state index in [0.717, 1.165) is 18.2 Å². The number of benzene rings is 1. The molecule has 0 aromatic heterocycles. The zero-order chi connectivity index (χ0) is 16.7. The second-order valence-electron chi connectivity index (χ2n) is 7.03. The Bertz CT molecular complexity index is 451. The van der Waals surface area contributed by atoms with Crippen molar-refractivity contribution in [2.24, 2.45) is 11.7 Å². The molecule has 1 aromatic carbocycles. The summed E-state index contributed by atoms with van der Waals surface area (Å²) in [5.74, 6) is 1.74. The molecule has 3 heteroatoms. The minimum Gasteiger partial charge on any atom is -0.497 e. The lowest BCUT2D eigenvalue weighted by molar-refractivity contribution is 0.117. The highest BCUT2D eigenvalue weighted by Gasteiger charge is 2.25. The van der Waals surface area contributed by atoms with Gasteiger partial charge in [-0.2, -0.15) is 0 Å². The Morgan fingerprint density at radius 2 is 1.87 bits per heavy atom. The molecule has 2 N–H and O–H groups in total. The quantitative estimate of drug-likeness (QED) is 0.780. The number of nitrogens with two attached hydrogens (primary N) is 1. The van der Waals surface area contributed by atoms with Crippen LogP contribution in [0.4, 0.5) is 0 Å². The van der Waals surface area contributed by atoms with E-state index in [1.54, 1.807) is 7.11 Å². The molecule has 0 saturated heterocycles. The van der Waals surface area contributed by atoms with Gasteiger partial charge in [-0.05, 0) is 49.3 Å². The van der Waals surface area contributed by atoms with Crippen LogP contribution in [-0.4, -0.2) is 30.6 Å². The minimum atomic E-state index is 0.415. The number of rotatable bonds is 8. The van der Waals surface area contributed by atoms with Gasteiger partial charge in [0.05, 0.1) is 7.11 Å². The normalized spacial score (nSPS) is 21.8. The highest BCUT2D eigenvalue weighted by atomic mass is 16.5. The molecule has 0 bridgehead atoms. The molecule has 2 rings (SSSR count). The summed E-state index contributed by atoms with van der Waals surface area (Å²) in [5, 5.41) is 0. The number of ether oxygens (including phenoxy) is 1. The molecule has 0 amide bonds. The summed E-state index contributed by atoms with van der Waals surface area (Å²) in [6.07, 6.45) is 7.34. The van der Waals surface area contributed by atoms with Crippen LogP contribution in [0, 0.1) is 5.92 Å².